The molecule has 1 saturated carbocycles. The van der Waals surface area contributed by atoms with Crippen LogP contribution in [0.15, 0.2) is 25.3 Å². The van der Waals surface area contributed by atoms with Gasteiger partial charge in [-0.3, -0.25) is 14.9 Å². The van der Waals surface area contributed by atoms with Crippen LogP contribution in [-0.4, -0.2) is 11.8 Å². The number of imide groups is 1. The van der Waals surface area contributed by atoms with Crippen LogP contribution in [0.4, 0.5) is 0 Å². The molecular formula is C11H13NO2. The predicted molar refractivity (Wildman–Crippen MR) is 52.1 cm³/mol. The first-order chi connectivity index (χ1) is 6.69. The molecule has 2 aliphatic rings. The lowest BCUT2D eigenvalue weighted by atomic mass is 9.89. The Morgan fingerprint density at radius 1 is 1.07 bits per heavy atom. The monoisotopic (exact) mass is 191 g/mol. The van der Waals surface area contributed by atoms with Gasteiger partial charge in [-0.05, 0) is 18.3 Å². The van der Waals surface area contributed by atoms with E-state index in [2.05, 4.69) is 18.5 Å². The SMILES string of the molecule is C=C[C@@H]1C[C@H](C=C)C2C(=O)NC(=O)C21. The van der Waals surface area contributed by atoms with E-state index in [4.69, 9.17) is 0 Å². The van der Waals surface area contributed by atoms with E-state index in [1.54, 1.807) is 12.2 Å². The first kappa shape index (κ1) is 9.19. The fourth-order valence-corrected chi connectivity index (χ4v) is 2.63. The minimum absolute atomic E-state index is 0.120. The third kappa shape index (κ3) is 1.05. The average Bonchev–Trinajstić information content (AvgIpc) is 2.67. The summed E-state index contributed by atoms with van der Waals surface area (Å²) in [6.45, 7) is 7.41. The molecule has 1 N–H and O–H groups in total. The lowest BCUT2D eigenvalue weighted by Gasteiger charge is -2.09. The lowest BCUT2D eigenvalue weighted by molar-refractivity contribution is -0.126. The van der Waals surface area contributed by atoms with Crippen LogP contribution >= 0.6 is 0 Å². The second-order valence-corrected chi connectivity index (χ2v) is 3.94. The van der Waals surface area contributed by atoms with Crippen molar-refractivity contribution in [2.75, 3.05) is 0 Å². The van der Waals surface area contributed by atoms with E-state index in [1.165, 1.54) is 0 Å². The molecule has 3 heteroatoms. The second-order valence-electron chi connectivity index (χ2n) is 3.94. The standard InChI is InChI=1S/C11H13NO2/c1-3-6-5-7(4-2)9-8(6)10(13)12-11(9)14/h3-4,6-9H,1-2,5H2,(H,12,13,14)/t6-,7+,8?,9?. The Morgan fingerprint density at radius 3 is 1.86 bits per heavy atom. The molecule has 4 atom stereocenters. The van der Waals surface area contributed by atoms with Gasteiger partial charge in [-0.25, -0.2) is 0 Å². The zero-order valence-electron chi connectivity index (χ0n) is 7.90. The molecule has 3 nitrogen and oxygen atoms in total. The molecule has 2 amide bonds. The summed E-state index contributed by atoms with van der Waals surface area (Å²) in [5, 5.41) is 2.37. The van der Waals surface area contributed by atoms with Crippen LogP contribution in [0.25, 0.3) is 0 Å². The molecule has 14 heavy (non-hydrogen) atoms. The van der Waals surface area contributed by atoms with E-state index >= 15 is 0 Å². The Morgan fingerprint density at radius 2 is 1.50 bits per heavy atom. The van der Waals surface area contributed by atoms with Crippen LogP contribution in [0.3, 0.4) is 0 Å². The van der Waals surface area contributed by atoms with Gasteiger partial charge in [-0.1, -0.05) is 12.2 Å². The number of carbonyl (C=O) groups excluding carboxylic acids is 2. The highest BCUT2D eigenvalue weighted by Crippen LogP contribution is 2.45. The number of hydrogen-bond donors (Lipinski definition) is 1. The number of nitrogens with one attached hydrogen (secondary N) is 1. The Balaban J connectivity index is 2.35. The van der Waals surface area contributed by atoms with Crippen LogP contribution in [0.5, 0.6) is 0 Å². The van der Waals surface area contributed by atoms with E-state index in [0.717, 1.165) is 6.42 Å². The summed E-state index contributed by atoms with van der Waals surface area (Å²) in [5.41, 5.74) is 0. The molecule has 74 valence electrons. The van der Waals surface area contributed by atoms with Crippen LogP contribution in [-0.2, 0) is 9.59 Å². The fourth-order valence-electron chi connectivity index (χ4n) is 2.63. The third-order valence-electron chi connectivity index (χ3n) is 3.31. The summed E-state index contributed by atoms with van der Waals surface area (Å²) in [5.74, 6) is -0.460. The second kappa shape index (κ2) is 3.08. The summed E-state index contributed by atoms with van der Waals surface area (Å²) in [4.78, 5) is 23.0. The van der Waals surface area contributed by atoms with E-state index in [1.807, 2.05) is 0 Å². The van der Waals surface area contributed by atoms with Crippen molar-refractivity contribution in [1.29, 1.82) is 0 Å². The van der Waals surface area contributed by atoms with Crippen molar-refractivity contribution in [3.05, 3.63) is 25.3 Å². The van der Waals surface area contributed by atoms with E-state index in [-0.39, 0.29) is 35.5 Å². The van der Waals surface area contributed by atoms with Crippen LogP contribution in [0.2, 0.25) is 0 Å². The summed E-state index contributed by atoms with van der Waals surface area (Å²) < 4.78 is 0. The summed E-state index contributed by atoms with van der Waals surface area (Å²) in [6, 6.07) is 0. The molecule has 2 rings (SSSR count). The number of carbonyl (C=O) groups is 2. The number of allylic oxidation sites excluding steroid dienone is 2. The Labute approximate surface area is 82.9 Å². The molecular weight excluding hydrogens is 178 g/mol. The molecule has 0 spiro atoms. The van der Waals surface area contributed by atoms with Crippen LogP contribution in [0.1, 0.15) is 6.42 Å². The maximum absolute atomic E-state index is 11.5. The number of rotatable bonds is 2. The first-order valence-electron chi connectivity index (χ1n) is 4.79. The largest absolute Gasteiger partial charge is 0.296 e. The normalized spacial score (nSPS) is 40.6. The summed E-state index contributed by atoms with van der Waals surface area (Å²) >= 11 is 0. The van der Waals surface area contributed by atoms with Gasteiger partial charge in [0, 0.05) is 0 Å². The van der Waals surface area contributed by atoms with Gasteiger partial charge in [0.2, 0.25) is 11.8 Å². The van der Waals surface area contributed by atoms with Gasteiger partial charge < -0.3 is 0 Å². The van der Waals surface area contributed by atoms with Gasteiger partial charge in [-0.2, -0.15) is 0 Å². The molecule has 1 aliphatic carbocycles. The Hall–Kier alpha value is -1.38. The zero-order valence-corrected chi connectivity index (χ0v) is 7.90. The first-order valence-corrected chi connectivity index (χ1v) is 4.79. The molecule has 0 aromatic carbocycles. The molecule has 1 heterocycles. The van der Waals surface area contributed by atoms with Crippen molar-refractivity contribution in [2.45, 2.75) is 6.42 Å². The molecule has 0 aromatic heterocycles. The maximum Gasteiger partial charge on any atom is 0.231 e. The summed E-state index contributed by atoms with van der Waals surface area (Å²) in [6.07, 6.45) is 4.38. The molecule has 0 bridgehead atoms. The molecule has 0 radical (unpaired) electrons. The van der Waals surface area contributed by atoms with Gasteiger partial charge in [0.1, 0.15) is 0 Å². The minimum atomic E-state index is -0.206. The Bertz CT molecular complexity index is 291. The molecule has 0 aromatic rings. The van der Waals surface area contributed by atoms with E-state index < -0.39 is 0 Å². The average molecular weight is 191 g/mol. The van der Waals surface area contributed by atoms with E-state index in [9.17, 15) is 9.59 Å². The van der Waals surface area contributed by atoms with Gasteiger partial charge in [0.05, 0.1) is 11.8 Å². The highest BCUT2D eigenvalue weighted by Gasteiger charge is 2.53. The molecule has 2 unspecified atom stereocenters. The number of hydrogen-bond acceptors (Lipinski definition) is 2. The van der Waals surface area contributed by atoms with Crippen LogP contribution in [0, 0.1) is 23.7 Å². The van der Waals surface area contributed by atoms with Crippen molar-refractivity contribution in [3.63, 3.8) is 0 Å². The molecule has 1 saturated heterocycles. The van der Waals surface area contributed by atoms with Crippen molar-refractivity contribution in [2.24, 2.45) is 23.7 Å². The van der Waals surface area contributed by atoms with E-state index in [0.29, 0.717) is 0 Å². The smallest absolute Gasteiger partial charge is 0.231 e. The van der Waals surface area contributed by atoms with Gasteiger partial charge >= 0.3 is 0 Å². The highest BCUT2D eigenvalue weighted by molar-refractivity contribution is 6.06. The van der Waals surface area contributed by atoms with Crippen molar-refractivity contribution < 1.29 is 9.59 Å². The number of fused-ring (bicyclic) bond motifs is 1. The van der Waals surface area contributed by atoms with Gasteiger partial charge in [-0.15, -0.1) is 13.2 Å². The Kier molecular flexibility index (Phi) is 2.02. The fraction of sp³-hybridized carbons (Fsp3) is 0.455. The maximum atomic E-state index is 11.5. The third-order valence-corrected chi connectivity index (χ3v) is 3.31. The van der Waals surface area contributed by atoms with Crippen molar-refractivity contribution >= 4 is 11.8 Å². The van der Waals surface area contributed by atoms with Gasteiger partial charge in [0.15, 0.2) is 0 Å². The topological polar surface area (TPSA) is 46.2 Å². The lowest BCUT2D eigenvalue weighted by Crippen LogP contribution is -2.26. The van der Waals surface area contributed by atoms with Gasteiger partial charge in [0.25, 0.3) is 0 Å². The number of amides is 2. The van der Waals surface area contributed by atoms with Crippen LogP contribution < -0.4 is 5.32 Å². The zero-order chi connectivity index (χ0) is 10.3. The minimum Gasteiger partial charge on any atom is -0.296 e. The molecule has 2 fully saturated rings. The van der Waals surface area contributed by atoms with Crippen molar-refractivity contribution in [1.82, 2.24) is 5.32 Å². The highest BCUT2D eigenvalue weighted by atomic mass is 16.2. The summed E-state index contributed by atoms with van der Waals surface area (Å²) in [7, 11) is 0. The quantitative estimate of drug-likeness (QED) is 0.520. The van der Waals surface area contributed by atoms with Crippen molar-refractivity contribution in [3.8, 4) is 0 Å². The predicted octanol–water partition coefficient (Wildman–Crippen LogP) is 0.883. The molecule has 1 aliphatic heterocycles.